The normalized spacial score (nSPS) is 13.5. The molecule has 3 rings (SSSR count). The number of fused-ring (bicyclic) bond motifs is 1. The first kappa shape index (κ1) is 26.2. The first-order chi connectivity index (χ1) is 16.9. The second kappa shape index (κ2) is 12.9. The molecule has 0 radical (unpaired) electrons. The maximum Gasteiger partial charge on any atom is 0.325 e. The molecule has 0 aliphatic carbocycles. The molecule has 1 atom stereocenters. The zero-order chi connectivity index (χ0) is 25.2. The fourth-order valence-corrected chi connectivity index (χ4v) is 3.78. The number of benzene rings is 2. The summed E-state index contributed by atoms with van der Waals surface area (Å²) in [6.07, 6.45) is 0.792. The number of imide groups is 1. The molecule has 1 heterocycles. The molecule has 0 bridgehead atoms. The van der Waals surface area contributed by atoms with E-state index < -0.39 is 11.9 Å². The monoisotopic (exact) mass is 485 g/mol. The van der Waals surface area contributed by atoms with Crippen molar-refractivity contribution in [3.63, 3.8) is 0 Å². The lowest BCUT2D eigenvalue weighted by molar-refractivity contribution is -0.119. The van der Waals surface area contributed by atoms with E-state index in [1.54, 1.807) is 18.2 Å². The molecule has 1 aliphatic rings. The molecule has 0 unspecified atom stereocenters. The van der Waals surface area contributed by atoms with Crippen LogP contribution < -0.4 is 34.9 Å². The second-order valence-corrected chi connectivity index (χ2v) is 8.39. The minimum atomic E-state index is -0.618. The van der Waals surface area contributed by atoms with Crippen LogP contribution in [0, 0.1) is 5.92 Å². The third-order valence-electron chi connectivity index (χ3n) is 5.33. The summed E-state index contributed by atoms with van der Waals surface area (Å²) < 4.78 is 22.6. The van der Waals surface area contributed by atoms with Gasteiger partial charge in [0, 0.05) is 24.2 Å². The van der Waals surface area contributed by atoms with Gasteiger partial charge in [0.25, 0.3) is 0 Å². The Kier molecular flexibility index (Phi) is 9.60. The molecule has 9 heteroatoms. The third kappa shape index (κ3) is 7.51. The molecule has 2 aromatic carbocycles. The Morgan fingerprint density at radius 3 is 2.37 bits per heavy atom. The molecule has 35 heavy (non-hydrogen) atoms. The molecule has 0 saturated heterocycles. The molecule has 0 saturated carbocycles. The number of hydrogen-bond donors (Lipinski definition) is 3. The average Bonchev–Trinajstić information content (AvgIpc) is 3.06. The molecule has 2 aromatic rings. The molecule has 3 N–H and O–H groups in total. The van der Waals surface area contributed by atoms with Crippen molar-refractivity contribution in [2.24, 2.45) is 5.92 Å². The van der Waals surface area contributed by atoms with Gasteiger partial charge in [0.15, 0.2) is 23.0 Å². The molecular formula is C26H35N3O6. The lowest BCUT2D eigenvalue weighted by Crippen LogP contribution is -2.41. The van der Waals surface area contributed by atoms with E-state index in [0.717, 1.165) is 12.0 Å². The predicted molar refractivity (Wildman–Crippen MR) is 134 cm³/mol. The molecule has 0 spiro atoms. The van der Waals surface area contributed by atoms with Crippen molar-refractivity contribution in [1.29, 1.82) is 0 Å². The molecule has 3 amide bonds. The summed E-state index contributed by atoms with van der Waals surface area (Å²) in [6.45, 7) is 10.1. The summed E-state index contributed by atoms with van der Waals surface area (Å²) in [6, 6.07) is 10.1. The summed E-state index contributed by atoms with van der Waals surface area (Å²) >= 11 is 0. The van der Waals surface area contributed by atoms with Crippen molar-refractivity contribution in [3.05, 3.63) is 42.0 Å². The van der Waals surface area contributed by atoms with Gasteiger partial charge in [0.2, 0.25) is 5.91 Å². The van der Waals surface area contributed by atoms with Crippen molar-refractivity contribution < 1.29 is 28.5 Å². The van der Waals surface area contributed by atoms with E-state index in [0.29, 0.717) is 55.1 Å². The summed E-state index contributed by atoms with van der Waals surface area (Å²) in [4.78, 5) is 24.8. The van der Waals surface area contributed by atoms with Crippen molar-refractivity contribution >= 4 is 17.6 Å². The molecular weight excluding hydrogens is 450 g/mol. The Labute approximate surface area is 206 Å². The highest BCUT2D eigenvalue weighted by molar-refractivity contribution is 6.01. The highest BCUT2D eigenvalue weighted by Gasteiger charge is 2.20. The maximum atomic E-state index is 12.5. The van der Waals surface area contributed by atoms with E-state index in [1.165, 1.54) is 0 Å². The smallest absolute Gasteiger partial charge is 0.325 e. The number of carbonyl (C=O) groups excluding carboxylic acids is 2. The number of carbonyl (C=O) groups is 2. The number of rotatable bonds is 10. The lowest BCUT2D eigenvalue weighted by atomic mass is 9.95. The molecule has 9 nitrogen and oxygen atoms in total. The van der Waals surface area contributed by atoms with E-state index in [-0.39, 0.29) is 18.5 Å². The Morgan fingerprint density at radius 2 is 1.66 bits per heavy atom. The van der Waals surface area contributed by atoms with Crippen LogP contribution >= 0.6 is 0 Å². The van der Waals surface area contributed by atoms with Crippen molar-refractivity contribution in [1.82, 2.24) is 10.6 Å². The summed E-state index contributed by atoms with van der Waals surface area (Å²) in [7, 11) is 0. The first-order valence-corrected chi connectivity index (χ1v) is 12.0. The second-order valence-electron chi connectivity index (χ2n) is 8.39. The minimum Gasteiger partial charge on any atom is -0.490 e. The average molecular weight is 486 g/mol. The van der Waals surface area contributed by atoms with E-state index in [9.17, 15) is 9.59 Å². The number of amides is 3. The molecule has 1 aliphatic heterocycles. The quantitative estimate of drug-likeness (QED) is 0.461. The number of urea groups is 1. The van der Waals surface area contributed by atoms with Crippen LogP contribution in [0.2, 0.25) is 0 Å². The van der Waals surface area contributed by atoms with Gasteiger partial charge in [0.1, 0.15) is 0 Å². The van der Waals surface area contributed by atoms with E-state index >= 15 is 0 Å². The minimum absolute atomic E-state index is 0.0331. The topological polar surface area (TPSA) is 107 Å². The molecule has 190 valence electrons. The largest absolute Gasteiger partial charge is 0.490 e. The third-order valence-corrected chi connectivity index (χ3v) is 5.33. The highest BCUT2D eigenvalue weighted by atomic mass is 16.5. The highest BCUT2D eigenvalue weighted by Crippen LogP contribution is 2.33. The van der Waals surface area contributed by atoms with Gasteiger partial charge >= 0.3 is 6.03 Å². The lowest BCUT2D eigenvalue weighted by Gasteiger charge is -2.24. The van der Waals surface area contributed by atoms with Crippen LogP contribution in [0.15, 0.2) is 36.4 Å². The van der Waals surface area contributed by atoms with E-state index in [2.05, 4.69) is 29.8 Å². The number of anilines is 1. The van der Waals surface area contributed by atoms with Crippen LogP contribution in [-0.2, 0) is 4.79 Å². The van der Waals surface area contributed by atoms with Gasteiger partial charge in [-0.1, -0.05) is 19.9 Å². The van der Waals surface area contributed by atoms with Gasteiger partial charge < -0.3 is 29.6 Å². The van der Waals surface area contributed by atoms with Crippen LogP contribution in [0.3, 0.4) is 0 Å². The Bertz CT molecular complexity index is 1010. The van der Waals surface area contributed by atoms with Gasteiger partial charge in [0.05, 0.1) is 33.0 Å². The number of nitrogens with one attached hydrogen (secondary N) is 3. The van der Waals surface area contributed by atoms with E-state index in [1.807, 2.05) is 32.0 Å². The Balaban J connectivity index is 1.57. The van der Waals surface area contributed by atoms with Crippen LogP contribution in [0.4, 0.5) is 10.5 Å². The Morgan fingerprint density at radius 1 is 0.943 bits per heavy atom. The van der Waals surface area contributed by atoms with Crippen molar-refractivity contribution in [2.45, 2.75) is 40.2 Å². The fourth-order valence-electron chi connectivity index (χ4n) is 3.78. The van der Waals surface area contributed by atoms with Crippen LogP contribution in [0.5, 0.6) is 23.0 Å². The fraction of sp³-hybridized carbons (Fsp3) is 0.462. The van der Waals surface area contributed by atoms with Crippen LogP contribution in [0.25, 0.3) is 0 Å². The first-order valence-electron chi connectivity index (χ1n) is 12.0. The maximum absolute atomic E-state index is 12.5. The van der Waals surface area contributed by atoms with Crippen molar-refractivity contribution in [3.8, 4) is 23.0 Å². The summed E-state index contributed by atoms with van der Waals surface area (Å²) in [5, 5.41) is 8.26. The summed E-state index contributed by atoms with van der Waals surface area (Å²) in [5.41, 5.74) is 1.47. The van der Waals surface area contributed by atoms with Gasteiger partial charge in [-0.05, 0) is 49.6 Å². The molecule has 0 fully saturated rings. The van der Waals surface area contributed by atoms with Crippen LogP contribution in [-0.4, -0.2) is 44.9 Å². The van der Waals surface area contributed by atoms with Crippen molar-refractivity contribution in [2.75, 3.05) is 38.3 Å². The summed E-state index contributed by atoms with van der Waals surface area (Å²) in [5.74, 6) is 2.29. The standard InChI is InChI=1S/C26H35N3O6/c1-5-32-20-10-8-18(14-22(20)33-6-2)25(17(3)4)27-16-24(30)29-26(31)28-19-9-11-21-23(15-19)35-13-7-12-34-21/h8-11,14-15,17,25,27H,5-7,12-13,16H2,1-4H3,(H2,28,29,30,31)/t25-/m0/s1. The van der Waals surface area contributed by atoms with E-state index in [4.69, 9.17) is 18.9 Å². The van der Waals surface area contributed by atoms with Gasteiger partial charge in [-0.15, -0.1) is 0 Å². The molecule has 0 aromatic heterocycles. The van der Waals surface area contributed by atoms with Gasteiger partial charge in [-0.3, -0.25) is 10.1 Å². The van der Waals surface area contributed by atoms with Gasteiger partial charge in [-0.25, -0.2) is 4.79 Å². The zero-order valence-electron chi connectivity index (χ0n) is 20.8. The predicted octanol–water partition coefficient (Wildman–Crippen LogP) is 4.28. The Hall–Kier alpha value is -3.46. The van der Waals surface area contributed by atoms with Crippen LogP contribution in [0.1, 0.15) is 45.7 Å². The number of ether oxygens (including phenoxy) is 4. The SMILES string of the molecule is CCOc1ccc([C@@H](NCC(=O)NC(=O)Nc2ccc3c(c2)OCCCO3)C(C)C)cc1OCC. The number of hydrogen-bond acceptors (Lipinski definition) is 7. The zero-order valence-corrected chi connectivity index (χ0v) is 20.8. The van der Waals surface area contributed by atoms with Gasteiger partial charge in [-0.2, -0.15) is 0 Å².